The predicted molar refractivity (Wildman–Crippen MR) is 129 cm³/mol. The minimum absolute atomic E-state index is 0.0213. The summed E-state index contributed by atoms with van der Waals surface area (Å²) in [6.07, 6.45) is 1.46. The summed E-state index contributed by atoms with van der Waals surface area (Å²) in [5.41, 5.74) is 5.46. The van der Waals surface area contributed by atoms with Gasteiger partial charge in [0, 0.05) is 17.2 Å². The highest BCUT2D eigenvalue weighted by Gasteiger charge is 2.28. The lowest BCUT2D eigenvalue weighted by Gasteiger charge is -2.14. The summed E-state index contributed by atoms with van der Waals surface area (Å²) in [6, 6.07) is 8.20. The first-order chi connectivity index (χ1) is 16.4. The smallest absolute Gasteiger partial charge is 0.267 e. The first-order valence-electron chi connectivity index (χ1n) is 10.2. The number of anilines is 2. The second kappa shape index (κ2) is 8.93. The highest BCUT2D eigenvalue weighted by atomic mass is 32.2. The van der Waals surface area contributed by atoms with Crippen LogP contribution in [0.1, 0.15) is 25.8 Å². The Kier molecular flexibility index (Phi) is 6.28. The van der Waals surface area contributed by atoms with Crippen LogP contribution in [0.3, 0.4) is 0 Å². The van der Waals surface area contributed by atoms with Gasteiger partial charge in [0.05, 0.1) is 27.0 Å². The van der Waals surface area contributed by atoms with Crippen LogP contribution in [0.2, 0.25) is 0 Å². The molecule has 2 aromatic heterocycles. The first-order valence-corrected chi connectivity index (χ1v) is 12.5. The number of thiazole rings is 1. The molecule has 35 heavy (non-hydrogen) atoms. The summed E-state index contributed by atoms with van der Waals surface area (Å²) < 4.78 is 71.2. The van der Waals surface area contributed by atoms with Gasteiger partial charge in [-0.1, -0.05) is 32.9 Å². The van der Waals surface area contributed by atoms with Crippen molar-refractivity contribution in [2.75, 3.05) is 10.5 Å². The number of sulfonamides is 1. The SMILES string of the molecule is CC(C)(C)c1nc(-c2cccc(NS(=O)(=O)c3c(F)cccc3[18F])c2F)c(-c2ccnc(N)n2)s1. The van der Waals surface area contributed by atoms with Gasteiger partial charge < -0.3 is 5.73 Å². The zero-order chi connectivity index (χ0) is 25.5. The van der Waals surface area contributed by atoms with Crippen molar-refractivity contribution in [1.82, 2.24) is 15.0 Å². The Morgan fingerprint density at radius 2 is 1.63 bits per heavy atom. The zero-order valence-electron chi connectivity index (χ0n) is 18.8. The predicted octanol–water partition coefficient (Wildman–Crippen LogP) is 5.36. The maximum absolute atomic E-state index is 15.7. The minimum atomic E-state index is -4.78. The molecule has 0 spiro atoms. The van der Waals surface area contributed by atoms with Crippen LogP contribution < -0.4 is 10.5 Å². The summed E-state index contributed by atoms with van der Waals surface area (Å²) in [5.74, 6) is -3.55. The van der Waals surface area contributed by atoms with Gasteiger partial charge in [-0.3, -0.25) is 4.72 Å². The number of nitrogen functional groups attached to an aromatic ring is 1. The van der Waals surface area contributed by atoms with Crippen LogP contribution in [0.4, 0.5) is 24.8 Å². The summed E-state index contributed by atoms with van der Waals surface area (Å²) >= 11 is 1.29. The van der Waals surface area contributed by atoms with Gasteiger partial charge in [0.25, 0.3) is 10.0 Å². The van der Waals surface area contributed by atoms with E-state index in [1.165, 1.54) is 29.7 Å². The lowest BCUT2D eigenvalue weighted by atomic mass is 9.98. The average Bonchev–Trinajstić information content (AvgIpc) is 3.21. The second-order valence-corrected chi connectivity index (χ2v) is 11.2. The lowest BCUT2D eigenvalue weighted by Crippen LogP contribution is -2.17. The Labute approximate surface area is 204 Å². The van der Waals surface area contributed by atoms with Crippen LogP contribution in [0.5, 0.6) is 0 Å². The molecule has 0 aliphatic rings. The molecule has 0 amide bonds. The molecule has 0 radical (unpaired) electrons. The third kappa shape index (κ3) is 4.84. The topological polar surface area (TPSA) is 111 Å². The summed E-state index contributed by atoms with van der Waals surface area (Å²) in [6.45, 7) is 5.83. The van der Waals surface area contributed by atoms with Gasteiger partial charge in [0.15, 0.2) is 10.7 Å². The van der Waals surface area contributed by atoms with E-state index in [0.717, 1.165) is 24.3 Å². The fourth-order valence-electron chi connectivity index (χ4n) is 3.23. The number of nitrogens with one attached hydrogen (secondary N) is 1. The molecular weight excluding hydrogens is 498 g/mol. The van der Waals surface area contributed by atoms with Crippen molar-refractivity contribution in [2.45, 2.75) is 31.1 Å². The highest BCUT2D eigenvalue weighted by Crippen LogP contribution is 2.42. The van der Waals surface area contributed by atoms with Crippen LogP contribution >= 0.6 is 11.3 Å². The molecule has 12 heteroatoms. The first kappa shape index (κ1) is 24.6. The fourth-order valence-corrected chi connectivity index (χ4v) is 5.53. The molecular formula is C23H20F3N5O2S2. The van der Waals surface area contributed by atoms with Gasteiger partial charge >= 0.3 is 0 Å². The Hall–Kier alpha value is -3.51. The number of halogens is 3. The number of rotatable bonds is 5. The van der Waals surface area contributed by atoms with Gasteiger partial charge in [-0.15, -0.1) is 11.3 Å². The Morgan fingerprint density at radius 1 is 0.971 bits per heavy atom. The molecule has 2 aromatic carbocycles. The van der Waals surface area contributed by atoms with Gasteiger partial charge in [-0.25, -0.2) is 36.5 Å². The summed E-state index contributed by atoms with van der Waals surface area (Å²) in [7, 11) is -4.78. The van der Waals surface area contributed by atoms with Crippen molar-refractivity contribution in [3.63, 3.8) is 0 Å². The average molecular weight is 519 g/mol. The molecule has 0 atom stereocenters. The monoisotopic (exact) mass is 518 g/mol. The van der Waals surface area contributed by atoms with Crippen LogP contribution in [-0.4, -0.2) is 23.4 Å². The minimum Gasteiger partial charge on any atom is -0.368 e. The quantitative estimate of drug-likeness (QED) is 0.368. The van der Waals surface area contributed by atoms with Gasteiger partial charge in [0.2, 0.25) is 5.95 Å². The molecule has 182 valence electrons. The third-order valence-electron chi connectivity index (χ3n) is 4.86. The number of nitrogens with zero attached hydrogens (tertiary/aromatic N) is 3. The Balaban J connectivity index is 1.85. The fraction of sp³-hybridized carbons (Fsp3) is 0.174. The molecule has 7 nitrogen and oxygen atoms in total. The maximum atomic E-state index is 15.7. The van der Waals surface area contributed by atoms with Crippen LogP contribution in [-0.2, 0) is 15.4 Å². The molecule has 0 bridgehead atoms. The molecule has 0 saturated carbocycles. The van der Waals surface area contributed by atoms with E-state index in [1.54, 1.807) is 6.07 Å². The largest absolute Gasteiger partial charge is 0.368 e. The standard InChI is InChI=1S/C23H20F3N5O2S2/c1-23(2,3)21-30-18(19(34-21)16-10-11-28-22(27)29-16)12-6-4-9-15(17(12)26)31-35(32,33)20-13(24)7-5-8-14(20)25/h4-11,31H,1-3H3,(H2,27,28,29)/i24-1. The van der Waals surface area contributed by atoms with E-state index in [0.29, 0.717) is 15.6 Å². The molecule has 0 saturated heterocycles. The number of nitrogens with two attached hydrogens (primary N) is 1. The number of aromatic nitrogens is 3. The van der Waals surface area contributed by atoms with Crippen LogP contribution in [0.15, 0.2) is 53.6 Å². The molecule has 0 unspecified atom stereocenters. The lowest BCUT2D eigenvalue weighted by molar-refractivity contribution is 0.521. The Morgan fingerprint density at radius 3 is 2.26 bits per heavy atom. The van der Waals surface area contributed by atoms with E-state index in [4.69, 9.17) is 5.73 Å². The van der Waals surface area contributed by atoms with Crippen molar-refractivity contribution < 1.29 is 21.6 Å². The van der Waals surface area contributed by atoms with E-state index in [9.17, 15) is 17.2 Å². The normalized spacial score (nSPS) is 12.1. The molecule has 3 N–H and O–H groups in total. The van der Waals surface area contributed by atoms with Gasteiger partial charge in [0.1, 0.15) is 11.6 Å². The van der Waals surface area contributed by atoms with E-state index >= 15 is 4.39 Å². The van der Waals surface area contributed by atoms with E-state index in [1.807, 2.05) is 25.5 Å². The molecule has 2 heterocycles. The second-order valence-electron chi connectivity index (χ2n) is 8.57. The van der Waals surface area contributed by atoms with Crippen molar-refractivity contribution >= 4 is 33.0 Å². The molecule has 0 fully saturated rings. The van der Waals surface area contributed by atoms with Crippen LogP contribution in [0, 0.1) is 17.5 Å². The van der Waals surface area contributed by atoms with Crippen molar-refractivity contribution in [1.29, 1.82) is 0 Å². The highest BCUT2D eigenvalue weighted by molar-refractivity contribution is 7.92. The van der Waals surface area contributed by atoms with E-state index < -0.39 is 38.1 Å². The zero-order valence-corrected chi connectivity index (χ0v) is 20.4. The third-order valence-corrected chi connectivity index (χ3v) is 7.78. The molecule has 4 rings (SSSR count). The number of hydrogen-bond donors (Lipinski definition) is 2. The molecule has 0 aliphatic carbocycles. The van der Waals surface area contributed by atoms with Gasteiger partial charge in [-0.2, -0.15) is 0 Å². The molecule has 0 aliphatic heterocycles. The number of benzene rings is 2. The maximum Gasteiger partial charge on any atom is 0.267 e. The van der Waals surface area contributed by atoms with E-state index in [2.05, 4.69) is 15.0 Å². The van der Waals surface area contributed by atoms with E-state index in [-0.39, 0.29) is 22.6 Å². The number of hydrogen-bond acceptors (Lipinski definition) is 7. The van der Waals surface area contributed by atoms with Crippen LogP contribution in [0.25, 0.3) is 21.8 Å². The van der Waals surface area contributed by atoms with Crippen molar-refractivity contribution in [3.05, 3.63) is 71.1 Å². The molecule has 4 aromatic rings. The van der Waals surface area contributed by atoms with Gasteiger partial charge in [-0.05, 0) is 30.3 Å². The summed E-state index contributed by atoms with van der Waals surface area (Å²) in [4.78, 5) is 12.0. The van der Waals surface area contributed by atoms with Crippen molar-refractivity contribution in [2.24, 2.45) is 0 Å². The Bertz CT molecular complexity index is 1510. The summed E-state index contributed by atoms with van der Waals surface area (Å²) in [5, 5.41) is 0.679. The van der Waals surface area contributed by atoms with Crippen molar-refractivity contribution in [3.8, 4) is 21.8 Å².